The molecule has 0 bridgehead atoms. The number of carbonyl (C=O) groups is 1. The Labute approximate surface area is 81.7 Å². The molecule has 3 nitrogen and oxygen atoms in total. The molecule has 1 heterocycles. The van der Waals surface area contributed by atoms with Gasteiger partial charge >= 0.3 is 5.97 Å². The fourth-order valence-electron chi connectivity index (χ4n) is 0.892. The number of halogens is 4. The van der Waals surface area contributed by atoms with Gasteiger partial charge in [0, 0.05) is 0 Å². The molecule has 0 radical (unpaired) electrons. The molecule has 15 heavy (non-hydrogen) atoms. The minimum atomic E-state index is -3.18. The monoisotopic (exact) mass is 223 g/mol. The molecule has 0 aliphatic rings. The van der Waals surface area contributed by atoms with Crippen LogP contribution in [0, 0.1) is 11.9 Å². The second kappa shape index (κ2) is 4.24. The predicted molar refractivity (Wildman–Crippen MR) is 40.4 cm³/mol. The number of methoxy groups -OCH3 is 1. The first-order valence-electron chi connectivity index (χ1n) is 3.69. The highest BCUT2D eigenvalue weighted by Crippen LogP contribution is 2.23. The SMILES string of the molecule is COC(=O)c1cc(C(F)F)c(F)nc1F. The average molecular weight is 223 g/mol. The highest BCUT2D eigenvalue weighted by molar-refractivity contribution is 5.89. The molecule has 0 saturated carbocycles. The molecule has 1 aromatic heterocycles. The summed E-state index contributed by atoms with van der Waals surface area (Å²) in [7, 11) is 0.938. The summed E-state index contributed by atoms with van der Waals surface area (Å²) in [6.45, 7) is 0. The number of pyridine rings is 1. The average Bonchev–Trinajstić information content (AvgIpc) is 2.16. The molecule has 82 valence electrons. The topological polar surface area (TPSA) is 39.2 Å². The molecular weight excluding hydrogens is 218 g/mol. The van der Waals surface area contributed by atoms with E-state index in [0.29, 0.717) is 6.07 Å². The Morgan fingerprint density at radius 1 is 1.40 bits per heavy atom. The lowest BCUT2D eigenvalue weighted by Gasteiger charge is -2.04. The van der Waals surface area contributed by atoms with Crippen molar-refractivity contribution in [2.24, 2.45) is 0 Å². The van der Waals surface area contributed by atoms with Crippen molar-refractivity contribution in [2.45, 2.75) is 6.43 Å². The van der Waals surface area contributed by atoms with Crippen molar-refractivity contribution in [3.05, 3.63) is 29.1 Å². The normalized spacial score (nSPS) is 10.5. The summed E-state index contributed by atoms with van der Waals surface area (Å²) in [6.07, 6.45) is -3.18. The van der Waals surface area contributed by atoms with Crippen molar-refractivity contribution in [3.63, 3.8) is 0 Å². The third kappa shape index (κ3) is 2.23. The zero-order valence-electron chi connectivity index (χ0n) is 7.43. The van der Waals surface area contributed by atoms with E-state index in [-0.39, 0.29) is 0 Å². The minimum Gasteiger partial charge on any atom is -0.465 e. The Morgan fingerprint density at radius 3 is 2.47 bits per heavy atom. The van der Waals surface area contributed by atoms with Gasteiger partial charge in [-0.1, -0.05) is 0 Å². The fraction of sp³-hybridized carbons (Fsp3) is 0.250. The zero-order valence-corrected chi connectivity index (χ0v) is 7.43. The minimum absolute atomic E-state index is 0.383. The van der Waals surface area contributed by atoms with Gasteiger partial charge in [0.15, 0.2) is 0 Å². The molecule has 0 amide bonds. The van der Waals surface area contributed by atoms with Crippen LogP contribution < -0.4 is 0 Å². The maximum Gasteiger partial charge on any atom is 0.342 e. The predicted octanol–water partition coefficient (Wildman–Crippen LogP) is 2.08. The second-order valence-corrected chi connectivity index (χ2v) is 2.50. The Bertz CT molecular complexity index is 394. The standard InChI is InChI=1S/C8H5F4NO2/c1-15-8(14)4-2-3(5(9)10)6(11)13-7(4)12/h2,5H,1H3. The van der Waals surface area contributed by atoms with Crippen molar-refractivity contribution in [1.29, 1.82) is 0 Å². The Morgan fingerprint density at radius 2 is 2.00 bits per heavy atom. The zero-order chi connectivity index (χ0) is 11.6. The first-order valence-corrected chi connectivity index (χ1v) is 3.69. The highest BCUT2D eigenvalue weighted by atomic mass is 19.3. The van der Waals surface area contributed by atoms with Crippen LogP contribution in [0.2, 0.25) is 0 Å². The van der Waals surface area contributed by atoms with Crippen molar-refractivity contribution in [1.82, 2.24) is 4.98 Å². The molecule has 0 atom stereocenters. The molecule has 0 unspecified atom stereocenters. The maximum atomic E-state index is 12.8. The number of hydrogen-bond donors (Lipinski definition) is 0. The number of hydrogen-bond acceptors (Lipinski definition) is 3. The molecule has 1 aromatic rings. The third-order valence-corrected chi connectivity index (χ3v) is 1.60. The Balaban J connectivity index is 3.29. The summed E-state index contributed by atoms with van der Waals surface area (Å²) >= 11 is 0. The van der Waals surface area contributed by atoms with Gasteiger partial charge in [-0.05, 0) is 6.07 Å². The summed E-state index contributed by atoms with van der Waals surface area (Å²) in [4.78, 5) is 13.4. The number of carbonyl (C=O) groups excluding carboxylic acids is 1. The van der Waals surface area contributed by atoms with Crippen LogP contribution in [-0.2, 0) is 4.74 Å². The van der Waals surface area contributed by atoms with Crippen LogP contribution in [0.3, 0.4) is 0 Å². The van der Waals surface area contributed by atoms with Gasteiger partial charge in [0.05, 0.1) is 12.7 Å². The number of ether oxygens (including phenoxy) is 1. The molecule has 0 saturated heterocycles. The van der Waals surface area contributed by atoms with Gasteiger partial charge < -0.3 is 4.74 Å². The second-order valence-electron chi connectivity index (χ2n) is 2.50. The van der Waals surface area contributed by atoms with Gasteiger partial charge in [0.2, 0.25) is 11.9 Å². The first kappa shape index (κ1) is 11.4. The smallest absolute Gasteiger partial charge is 0.342 e. The lowest BCUT2D eigenvalue weighted by molar-refractivity contribution is 0.0593. The van der Waals surface area contributed by atoms with Crippen LogP contribution in [0.4, 0.5) is 17.6 Å². The Kier molecular flexibility index (Phi) is 3.23. The lowest BCUT2D eigenvalue weighted by atomic mass is 10.2. The third-order valence-electron chi connectivity index (χ3n) is 1.60. The molecule has 0 N–H and O–H groups in total. The van der Waals surface area contributed by atoms with E-state index >= 15 is 0 Å². The summed E-state index contributed by atoms with van der Waals surface area (Å²) in [5.41, 5.74) is -1.97. The van der Waals surface area contributed by atoms with E-state index in [1.165, 1.54) is 0 Å². The van der Waals surface area contributed by atoms with Crippen molar-refractivity contribution in [2.75, 3.05) is 7.11 Å². The number of nitrogens with zero attached hydrogens (tertiary/aromatic N) is 1. The van der Waals surface area contributed by atoms with Gasteiger partial charge in [0.1, 0.15) is 5.56 Å². The summed E-state index contributed by atoms with van der Waals surface area (Å²) in [5, 5.41) is 0. The van der Waals surface area contributed by atoms with E-state index in [0.717, 1.165) is 7.11 Å². The lowest BCUT2D eigenvalue weighted by Crippen LogP contribution is -2.09. The van der Waals surface area contributed by atoms with E-state index in [2.05, 4.69) is 9.72 Å². The van der Waals surface area contributed by atoms with E-state index < -0.39 is 35.4 Å². The van der Waals surface area contributed by atoms with E-state index in [4.69, 9.17) is 0 Å². The molecular formula is C8H5F4NO2. The largest absolute Gasteiger partial charge is 0.465 e. The number of rotatable bonds is 2. The highest BCUT2D eigenvalue weighted by Gasteiger charge is 2.22. The molecule has 0 aliphatic heterocycles. The quantitative estimate of drug-likeness (QED) is 0.437. The number of esters is 1. The summed E-state index contributed by atoms with van der Waals surface area (Å²) in [6, 6.07) is 0.383. The van der Waals surface area contributed by atoms with Crippen LogP contribution in [0.5, 0.6) is 0 Å². The van der Waals surface area contributed by atoms with E-state index in [9.17, 15) is 22.4 Å². The van der Waals surface area contributed by atoms with E-state index in [1.54, 1.807) is 0 Å². The van der Waals surface area contributed by atoms with Gasteiger partial charge in [-0.25, -0.2) is 13.6 Å². The van der Waals surface area contributed by atoms with Gasteiger partial charge in [-0.15, -0.1) is 0 Å². The van der Waals surface area contributed by atoms with Crippen LogP contribution in [0.15, 0.2) is 6.07 Å². The number of aromatic nitrogens is 1. The fourth-order valence-corrected chi connectivity index (χ4v) is 0.892. The Hall–Kier alpha value is -1.66. The molecule has 0 fully saturated rings. The van der Waals surface area contributed by atoms with Crippen LogP contribution in [-0.4, -0.2) is 18.1 Å². The van der Waals surface area contributed by atoms with Gasteiger partial charge in [-0.2, -0.15) is 13.8 Å². The van der Waals surface area contributed by atoms with Crippen molar-refractivity contribution < 1.29 is 27.1 Å². The summed E-state index contributed by atoms with van der Waals surface area (Å²) < 4.78 is 53.9. The first-order chi connectivity index (χ1) is 6.97. The van der Waals surface area contributed by atoms with Crippen molar-refractivity contribution >= 4 is 5.97 Å². The molecule has 0 aromatic carbocycles. The van der Waals surface area contributed by atoms with Crippen LogP contribution in [0.25, 0.3) is 0 Å². The number of alkyl halides is 2. The van der Waals surface area contributed by atoms with Crippen molar-refractivity contribution in [3.8, 4) is 0 Å². The summed E-state index contributed by atoms with van der Waals surface area (Å²) in [5.74, 6) is -4.32. The maximum absolute atomic E-state index is 12.8. The molecule has 0 aliphatic carbocycles. The van der Waals surface area contributed by atoms with Gasteiger partial charge in [0.25, 0.3) is 6.43 Å². The molecule has 0 spiro atoms. The van der Waals surface area contributed by atoms with Crippen LogP contribution in [0.1, 0.15) is 22.3 Å². The van der Waals surface area contributed by atoms with Gasteiger partial charge in [-0.3, -0.25) is 0 Å². The molecule has 7 heteroatoms. The molecule has 1 rings (SSSR count). The van der Waals surface area contributed by atoms with E-state index in [1.807, 2.05) is 0 Å². The van der Waals surface area contributed by atoms with Crippen LogP contribution >= 0.6 is 0 Å².